The highest BCUT2D eigenvalue weighted by Gasteiger charge is 2.39. The number of ether oxygens (including phenoxy) is 1. The molecule has 1 atom stereocenters. The smallest absolute Gasteiger partial charge is 0.327 e. The number of carboxylic acid groups (broad SMARTS) is 1. The first kappa shape index (κ1) is 13.4. The molecule has 20 heavy (non-hydrogen) atoms. The van der Waals surface area contributed by atoms with Crippen molar-refractivity contribution < 1.29 is 14.6 Å². The van der Waals surface area contributed by atoms with Gasteiger partial charge in [0.25, 0.3) is 0 Å². The second kappa shape index (κ2) is 5.09. The zero-order valence-corrected chi connectivity index (χ0v) is 11.8. The zero-order chi connectivity index (χ0) is 14.2. The Kier molecular flexibility index (Phi) is 3.42. The number of carboxylic acids is 1. The van der Waals surface area contributed by atoms with Gasteiger partial charge >= 0.3 is 5.97 Å². The summed E-state index contributed by atoms with van der Waals surface area (Å²) in [5.41, 5.74) is 1.73. The molecule has 1 saturated carbocycles. The molecule has 0 bridgehead atoms. The Labute approximate surface area is 119 Å². The van der Waals surface area contributed by atoms with E-state index in [0.717, 1.165) is 31.4 Å². The molecule has 2 aliphatic rings. The van der Waals surface area contributed by atoms with E-state index in [0.29, 0.717) is 6.04 Å². The van der Waals surface area contributed by atoms with E-state index in [9.17, 15) is 9.90 Å². The number of hydrogen-bond donors (Lipinski definition) is 2. The standard InChI is InChI=1S/C16H21NO3/c1-16(15(18)19,17-13-6-7-13)10-20-14-8-5-11-3-2-4-12(11)9-14/h5,8-9,13,17H,2-4,6-7,10H2,1H3,(H,18,19). The first-order chi connectivity index (χ1) is 9.57. The van der Waals surface area contributed by atoms with Gasteiger partial charge in [0.05, 0.1) is 0 Å². The predicted octanol–water partition coefficient (Wildman–Crippen LogP) is 2.15. The van der Waals surface area contributed by atoms with Crippen LogP contribution in [0, 0.1) is 0 Å². The van der Waals surface area contributed by atoms with Gasteiger partial charge in [0, 0.05) is 6.04 Å². The average molecular weight is 275 g/mol. The Morgan fingerprint density at radius 2 is 2.15 bits per heavy atom. The summed E-state index contributed by atoms with van der Waals surface area (Å²) >= 11 is 0. The largest absolute Gasteiger partial charge is 0.491 e. The van der Waals surface area contributed by atoms with E-state index in [1.807, 2.05) is 6.07 Å². The normalized spacial score (nSPS) is 20.2. The minimum Gasteiger partial charge on any atom is -0.491 e. The number of aliphatic carboxylic acids is 1. The van der Waals surface area contributed by atoms with Crippen LogP contribution in [-0.2, 0) is 17.6 Å². The van der Waals surface area contributed by atoms with E-state index in [-0.39, 0.29) is 6.61 Å². The van der Waals surface area contributed by atoms with E-state index in [1.165, 1.54) is 17.5 Å². The van der Waals surface area contributed by atoms with Gasteiger partial charge in [-0.1, -0.05) is 6.07 Å². The van der Waals surface area contributed by atoms with Crippen LogP contribution in [0.3, 0.4) is 0 Å². The molecular formula is C16H21NO3. The van der Waals surface area contributed by atoms with Gasteiger partial charge in [-0.15, -0.1) is 0 Å². The zero-order valence-electron chi connectivity index (χ0n) is 11.8. The molecule has 1 aromatic rings. The van der Waals surface area contributed by atoms with Crippen molar-refractivity contribution >= 4 is 5.97 Å². The molecule has 3 rings (SSSR count). The van der Waals surface area contributed by atoms with Crippen LogP contribution in [0.1, 0.15) is 37.3 Å². The summed E-state index contributed by atoms with van der Waals surface area (Å²) in [7, 11) is 0. The fraction of sp³-hybridized carbons (Fsp3) is 0.562. The van der Waals surface area contributed by atoms with Gasteiger partial charge < -0.3 is 9.84 Å². The molecule has 1 fully saturated rings. The van der Waals surface area contributed by atoms with Gasteiger partial charge in [0.2, 0.25) is 0 Å². The number of benzene rings is 1. The van der Waals surface area contributed by atoms with E-state index in [2.05, 4.69) is 17.4 Å². The topological polar surface area (TPSA) is 58.6 Å². The van der Waals surface area contributed by atoms with Crippen molar-refractivity contribution in [2.24, 2.45) is 0 Å². The van der Waals surface area contributed by atoms with E-state index in [4.69, 9.17) is 4.74 Å². The fourth-order valence-electron chi connectivity index (χ4n) is 2.71. The number of carbonyl (C=O) groups is 1. The fourth-order valence-corrected chi connectivity index (χ4v) is 2.71. The summed E-state index contributed by atoms with van der Waals surface area (Å²) in [4.78, 5) is 11.5. The van der Waals surface area contributed by atoms with E-state index < -0.39 is 11.5 Å². The number of hydrogen-bond acceptors (Lipinski definition) is 3. The minimum absolute atomic E-state index is 0.150. The van der Waals surface area contributed by atoms with Crippen LogP contribution < -0.4 is 10.1 Å². The number of aryl methyl sites for hydroxylation is 2. The van der Waals surface area contributed by atoms with Crippen molar-refractivity contribution in [3.63, 3.8) is 0 Å². The summed E-state index contributed by atoms with van der Waals surface area (Å²) in [5.74, 6) is -0.0821. The van der Waals surface area contributed by atoms with Crippen molar-refractivity contribution in [2.75, 3.05) is 6.61 Å². The SMILES string of the molecule is CC(COc1ccc2c(c1)CCC2)(NC1CC1)C(=O)O. The molecule has 0 radical (unpaired) electrons. The summed E-state index contributed by atoms with van der Waals surface area (Å²) in [5, 5.41) is 12.6. The Balaban J connectivity index is 1.66. The maximum absolute atomic E-state index is 11.5. The van der Waals surface area contributed by atoms with Crippen LogP contribution in [-0.4, -0.2) is 29.3 Å². The van der Waals surface area contributed by atoms with Crippen LogP contribution in [0.15, 0.2) is 18.2 Å². The lowest BCUT2D eigenvalue weighted by molar-refractivity contribution is -0.145. The monoisotopic (exact) mass is 275 g/mol. The molecule has 4 nitrogen and oxygen atoms in total. The predicted molar refractivity (Wildman–Crippen MR) is 76.2 cm³/mol. The van der Waals surface area contributed by atoms with Gasteiger partial charge in [-0.3, -0.25) is 10.1 Å². The number of nitrogens with one attached hydrogen (secondary N) is 1. The molecule has 1 unspecified atom stereocenters. The third-order valence-electron chi connectivity index (χ3n) is 4.17. The summed E-state index contributed by atoms with van der Waals surface area (Å²) in [6.07, 6.45) is 5.56. The number of fused-ring (bicyclic) bond motifs is 1. The Morgan fingerprint density at radius 3 is 2.85 bits per heavy atom. The first-order valence-corrected chi connectivity index (χ1v) is 7.32. The van der Waals surface area contributed by atoms with Crippen LogP contribution in [0.25, 0.3) is 0 Å². The molecule has 0 spiro atoms. The lowest BCUT2D eigenvalue weighted by atomic mass is 10.0. The van der Waals surface area contributed by atoms with Crippen LogP contribution in [0.2, 0.25) is 0 Å². The maximum atomic E-state index is 11.5. The molecule has 0 heterocycles. The molecule has 2 aliphatic carbocycles. The first-order valence-electron chi connectivity index (χ1n) is 7.32. The highest BCUT2D eigenvalue weighted by atomic mass is 16.5. The van der Waals surface area contributed by atoms with Gasteiger partial charge in [0.15, 0.2) is 0 Å². The van der Waals surface area contributed by atoms with Crippen molar-refractivity contribution in [1.29, 1.82) is 0 Å². The molecule has 2 N–H and O–H groups in total. The van der Waals surface area contributed by atoms with Crippen LogP contribution >= 0.6 is 0 Å². The minimum atomic E-state index is -1.01. The third-order valence-corrected chi connectivity index (χ3v) is 4.17. The van der Waals surface area contributed by atoms with E-state index >= 15 is 0 Å². The van der Waals surface area contributed by atoms with Crippen LogP contribution in [0.5, 0.6) is 5.75 Å². The molecule has 0 aromatic heterocycles. The summed E-state index contributed by atoms with van der Waals surface area (Å²) < 4.78 is 5.74. The molecule has 0 saturated heterocycles. The third kappa shape index (κ3) is 2.80. The summed E-state index contributed by atoms with van der Waals surface area (Å²) in [6.45, 7) is 1.85. The van der Waals surface area contributed by atoms with Gasteiger partial charge in [0.1, 0.15) is 17.9 Å². The Morgan fingerprint density at radius 1 is 1.40 bits per heavy atom. The molecule has 0 amide bonds. The highest BCUT2D eigenvalue weighted by molar-refractivity contribution is 5.78. The Hall–Kier alpha value is -1.55. The quantitative estimate of drug-likeness (QED) is 0.835. The highest BCUT2D eigenvalue weighted by Crippen LogP contribution is 2.27. The van der Waals surface area contributed by atoms with Gasteiger partial charge in [-0.25, -0.2) is 0 Å². The Bertz CT molecular complexity index is 524. The second-order valence-electron chi connectivity index (χ2n) is 6.13. The molecule has 108 valence electrons. The van der Waals surface area contributed by atoms with Gasteiger partial charge in [-0.2, -0.15) is 0 Å². The lowest BCUT2D eigenvalue weighted by Gasteiger charge is -2.26. The van der Waals surface area contributed by atoms with Crippen molar-refractivity contribution in [2.45, 2.75) is 50.6 Å². The second-order valence-corrected chi connectivity index (χ2v) is 6.13. The molecule has 0 aliphatic heterocycles. The maximum Gasteiger partial charge on any atom is 0.327 e. The average Bonchev–Trinajstić information content (AvgIpc) is 3.10. The molecular weight excluding hydrogens is 254 g/mol. The lowest BCUT2D eigenvalue weighted by Crippen LogP contribution is -2.54. The van der Waals surface area contributed by atoms with E-state index in [1.54, 1.807) is 6.92 Å². The van der Waals surface area contributed by atoms with Crippen molar-refractivity contribution in [3.8, 4) is 5.75 Å². The molecule has 1 aromatic carbocycles. The molecule has 4 heteroatoms. The van der Waals surface area contributed by atoms with Crippen molar-refractivity contribution in [1.82, 2.24) is 5.32 Å². The van der Waals surface area contributed by atoms with Crippen LogP contribution in [0.4, 0.5) is 0 Å². The van der Waals surface area contributed by atoms with Crippen molar-refractivity contribution in [3.05, 3.63) is 29.3 Å². The summed E-state index contributed by atoms with van der Waals surface area (Å²) in [6, 6.07) is 6.44. The number of rotatable bonds is 6. The van der Waals surface area contributed by atoms with Gasteiger partial charge in [-0.05, 0) is 62.3 Å².